The van der Waals surface area contributed by atoms with E-state index in [0.29, 0.717) is 0 Å². The molecule has 0 unspecified atom stereocenters. The number of rotatable bonds is 4. The van der Waals surface area contributed by atoms with Gasteiger partial charge in [0.05, 0.1) is 0 Å². The van der Waals surface area contributed by atoms with Crippen molar-refractivity contribution in [3.63, 3.8) is 0 Å². The van der Waals surface area contributed by atoms with Crippen molar-refractivity contribution in [2.45, 2.75) is 0 Å². The number of carboxylic acid groups (broad SMARTS) is 1. The van der Waals surface area contributed by atoms with Gasteiger partial charge in [0.1, 0.15) is 11.5 Å². The number of halogens is 1. The molecule has 0 aliphatic heterocycles. The summed E-state index contributed by atoms with van der Waals surface area (Å²) in [6.07, 6.45) is 2.45. The average Bonchev–Trinajstić information content (AvgIpc) is 2.86. The number of hydrogen-bond donors (Lipinski definition) is 3. The van der Waals surface area contributed by atoms with Gasteiger partial charge in [-0.25, -0.2) is 9.18 Å². The molecule has 0 fully saturated rings. The summed E-state index contributed by atoms with van der Waals surface area (Å²) in [4.78, 5) is 22.2. The van der Waals surface area contributed by atoms with Crippen LogP contribution in [0.5, 0.6) is 0 Å². The number of amides is 1. The van der Waals surface area contributed by atoms with Crippen molar-refractivity contribution in [1.29, 1.82) is 0 Å². The zero-order valence-corrected chi connectivity index (χ0v) is 10.1. The van der Waals surface area contributed by atoms with Crippen molar-refractivity contribution in [3.05, 3.63) is 53.5 Å². The second kappa shape index (κ2) is 5.79. The zero-order chi connectivity index (χ0) is 14.5. The summed E-state index contributed by atoms with van der Waals surface area (Å²) in [7, 11) is 0. The van der Waals surface area contributed by atoms with Gasteiger partial charge < -0.3 is 10.4 Å². The van der Waals surface area contributed by atoms with E-state index in [4.69, 9.17) is 5.11 Å². The van der Waals surface area contributed by atoms with E-state index in [1.165, 1.54) is 24.3 Å². The highest BCUT2D eigenvalue weighted by Crippen LogP contribution is 2.09. The Balaban J connectivity index is 2.02. The van der Waals surface area contributed by atoms with Crippen molar-refractivity contribution in [2.24, 2.45) is 0 Å². The van der Waals surface area contributed by atoms with Crippen LogP contribution in [0, 0.1) is 5.82 Å². The molecule has 0 saturated carbocycles. The van der Waals surface area contributed by atoms with Crippen molar-refractivity contribution in [1.82, 2.24) is 10.2 Å². The Hall–Kier alpha value is -2.96. The second-order valence-corrected chi connectivity index (χ2v) is 3.82. The van der Waals surface area contributed by atoms with Gasteiger partial charge >= 0.3 is 5.97 Å². The second-order valence-electron chi connectivity index (χ2n) is 3.82. The summed E-state index contributed by atoms with van der Waals surface area (Å²) in [6, 6.07) is 7.18. The Bertz CT molecular complexity index is 679. The molecule has 2 rings (SSSR count). The number of carbonyl (C=O) groups is 2. The third-order valence-electron chi connectivity index (χ3n) is 2.38. The van der Waals surface area contributed by atoms with Crippen LogP contribution < -0.4 is 5.32 Å². The first-order chi connectivity index (χ1) is 9.56. The highest BCUT2D eigenvalue weighted by atomic mass is 19.1. The predicted octanol–water partition coefficient (Wildman–Crippen LogP) is 1.90. The fraction of sp³-hybridized carbons (Fsp3) is 0. The molecule has 102 valence electrons. The Labute approximate surface area is 112 Å². The third kappa shape index (κ3) is 3.29. The number of hydrogen-bond acceptors (Lipinski definition) is 3. The van der Waals surface area contributed by atoms with Crippen LogP contribution in [0.25, 0.3) is 6.08 Å². The van der Waals surface area contributed by atoms with Crippen molar-refractivity contribution in [3.8, 4) is 0 Å². The van der Waals surface area contributed by atoms with Crippen LogP contribution in [0.1, 0.15) is 16.1 Å². The zero-order valence-electron chi connectivity index (χ0n) is 10.1. The summed E-state index contributed by atoms with van der Waals surface area (Å²) < 4.78 is 13.3. The molecule has 2 aromatic rings. The Morgan fingerprint density at radius 1 is 1.35 bits per heavy atom. The summed E-state index contributed by atoms with van der Waals surface area (Å²) in [5.41, 5.74) is 0.134. The molecular formula is C13H10FN3O3. The lowest BCUT2D eigenvalue weighted by Gasteiger charge is -1.97. The van der Waals surface area contributed by atoms with Gasteiger partial charge in [0.25, 0.3) is 0 Å². The standard InChI is InChI=1S/C13H10FN3O3/c14-9-4-2-1-3-8(9)5-6-12(18)15-11-7-10(13(19)20)16-17-11/h1-7H,(H,19,20)(H2,15,16,17,18). The lowest BCUT2D eigenvalue weighted by Crippen LogP contribution is -2.08. The molecule has 0 bridgehead atoms. The van der Waals surface area contributed by atoms with Gasteiger partial charge in [-0.2, -0.15) is 5.10 Å². The number of aromatic nitrogens is 2. The van der Waals surface area contributed by atoms with E-state index >= 15 is 0 Å². The molecule has 1 heterocycles. The molecule has 0 aliphatic carbocycles. The molecule has 3 N–H and O–H groups in total. The molecule has 1 amide bonds. The van der Waals surface area contributed by atoms with Crippen molar-refractivity contribution in [2.75, 3.05) is 5.32 Å². The van der Waals surface area contributed by atoms with Crippen LogP contribution in [-0.4, -0.2) is 27.2 Å². The van der Waals surface area contributed by atoms with Gasteiger partial charge in [0, 0.05) is 17.7 Å². The molecule has 7 heteroatoms. The maximum atomic E-state index is 13.3. The first-order valence-corrected chi connectivity index (χ1v) is 5.58. The number of H-pyrrole nitrogens is 1. The van der Waals surface area contributed by atoms with Gasteiger partial charge in [-0.15, -0.1) is 0 Å². The number of anilines is 1. The first kappa shape index (κ1) is 13.5. The highest BCUT2D eigenvalue weighted by molar-refractivity contribution is 6.01. The maximum absolute atomic E-state index is 13.3. The Morgan fingerprint density at radius 3 is 2.75 bits per heavy atom. The van der Waals surface area contributed by atoms with E-state index in [1.807, 2.05) is 0 Å². The largest absolute Gasteiger partial charge is 0.477 e. The minimum Gasteiger partial charge on any atom is -0.477 e. The SMILES string of the molecule is O=C(C=Cc1ccccc1F)Nc1cc(C(=O)O)[nH]n1. The van der Waals surface area contributed by atoms with E-state index in [9.17, 15) is 14.0 Å². The summed E-state index contributed by atoms with van der Waals surface area (Å²) >= 11 is 0. The number of carboxylic acids is 1. The molecule has 20 heavy (non-hydrogen) atoms. The van der Waals surface area contributed by atoms with E-state index < -0.39 is 17.7 Å². The minimum absolute atomic E-state index is 0.0746. The number of aromatic amines is 1. The van der Waals surface area contributed by atoms with Crippen LogP contribution >= 0.6 is 0 Å². The topological polar surface area (TPSA) is 95.1 Å². The molecule has 0 spiro atoms. The van der Waals surface area contributed by atoms with E-state index in [1.54, 1.807) is 12.1 Å². The predicted molar refractivity (Wildman–Crippen MR) is 69.6 cm³/mol. The average molecular weight is 275 g/mol. The smallest absolute Gasteiger partial charge is 0.353 e. The molecule has 6 nitrogen and oxygen atoms in total. The number of benzene rings is 1. The first-order valence-electron chi connectivity index (χ1n) is 5.58. The molecular weight excluding hydrogens is 265 g/mol. The highest BCUT2D eigenvalue weighted by Gasteiger charge is 2.08. The lowest BCUT2D eigenvalue weighted by atomic mass is 10.2. The van der Waals surface area contributed by atoms with Gasteiger partial charge in [-0.05, 0) is 12.1 Å². The number of carbonyl (C=O) groups excluding carboxylic acids is 1. The van der Waals surface area contributed by atoms with E-state index in [2.05, 4.69) is 15.5 Å². The Kier molecular flexibility index (Phi) is 3.90. The molecule has 1 aromatic carbocycles. The summed E-state index contributed by atoms with van der Waals surface area (Å²) in [6.45, 7) is 0. The van der Waals surface area contributed by atoms with Gasteiger partial charge in [-0.3, -0.25) is 9.89 Å². The Morgan fingerprint density at radius 2 is 2.10 bits per heavy atom. The fourth-order valence-electron chi connectivity index (χ4n) is 1.44. The molecule has 0 atom stereocenters. The number of aromatic carboxylic acids is 1. The summed E-state index contributed by atoms with van der Waals surface area (Å²) in [5.74, 6) is -2.09. The van der Waals surface area contributed by atoms with Crippen molar-refractivity contribution >= 4 is 23.8 Å². The number of nitrogens with zero attached hydrogens (tertiary/aromatic N) is 1. The third-order valence-corrected chi connectivity index (χ3v) is 2.38. The van der Waals surface area contributed by atoms with Crippen LogP contribution in [0.4, 0.5) is 10.2 Å². The van der Waals surface area contributed by atoms with Crippen LogP contribution in [0.2, 0.25) is 0 Å². The fourth-order valence-corrected chi connectivity index (χ4v) is 1.44. The molecule has 0 radical (unpaired) electrons. The lowest BCUT2D eigenvalue weighted by molar-refractivity contribution is -0.111. The monoisotopic (exact) mass is 275 g/mol. The maximum Gasteiger partial charge on any atom is 0.353 e. The summed E-state index contributed by atoms with van der Waals surface area (Å²) in [5, 5.41) is 16.9. The quantitative estimate of drug-likeness (QED) is 0.742. The number of nitrogens with one attached hydrogen (secondary N) is 2. The van der Waals surface area contributed by atoms with Crippen LogP contribution in [0.15, 0.2) is 36.4 Å². The normalized spacial score (nSPS) is 10.7. The van der Waals surface area contributed by atoms with Gasteiger partial charge in [-0.1, -0.05) is 18.2 Å². The van der Waals surface area contributed by atoms with Crippen molar-refractivity contribution < 1.29 is 19.1 Å². The minimum atomic E-state index is -1.18. The molecule has 0 saturated heterocycles. The van der Waals surface area contributed by atoms with Gasteiger partial charge in [0.2, 0.25) is 5.91 Å². The van der Waals surface area contributed by atoms with Crippen LogP contribution in [-0.2, 0) is 4.79 Å². The van der Waals surface area contributed by atoms with E-state index in [0.717, 1.165) is 6.08 Å². The molecule has 0 aliphatic rings. The van der Waals surface area contributed by atoms with Gasteiger partial charge in [0.15, 0.2) is 5.82 Å². The van der Waals surface area contributed by atoms with Crippen LogP contribution in [0.3, 0.4) is 0 Å². The molecule has 1 aromatic heterocycles. The van der Waals surface area contributed by atoms with E-state index in [-0.39, 0.29) is 17.1 Å².